The molecule has 4 heteroatoms. The molecule has 1 fully saturated rings. The van der Waals surface area contributed by atoms with Crippen molar-refractivity contribution >= 4 is 5.97 Å². The summed E-state index contributed by atoms with van der Waals surface area (Å²) in [6, 6.07) is 19.1. The van der Waals surface area contributed by atoms with Gasteiger partial charge in [0.25, 0.3) is 0 Å². The Balaban J connectivity index is 1.65. The van der Waals surface area contributed by atoms with Crippen molar-refractivity contribution in [3.63, 3.8) is 0 Å². The number of carbonyl (C=O) groups is 1. The zero-order chi connectivity index (χ0) is 19.8. The van der Waals surface area contributed by atoms with Gasteiger partial charge in [0.15, 0.2) is 0 Å². The normalized spacial score (nSPS) is 19.2. The van der Waals surface area contributed by atoms with Gasteiger partial charge in [-0.3, -0.25) is 9.69 Å². The van der Waals surface area contributed by atoms with E-state index < -0.39 is 12.0 Å². The molecule has 4 nitrogen and oxygen atoms in total. The molecule has 0 aliphatic carbocycles. The van der Waals surface area contributed by atoms with Crippen molar-refractivity contribution in [2.45, 2.75) is 57.7 Å². The summed E-state index contributed by atoms with van der Waals surface area (Å²) in [6.45, 7) is 4.89. The highest BCUT2D eigenvalue weighted by Crippen LogP contribution is 2.22. The molecule has 0 bridgehead atoms. The lowest BCUT2D eigenvalue weighted by molar-refractivity contribution is -0.139. The fourth-order valence-electron chi connectivity index (χ4n) is 3.98. The molecule has 3 rings (SSSR count). The lowest BCUT2D eigenvalue weighted by atomic mass is 10.0. The van der Waals surface area contributed by atoms with E-state index in [0.717, 1.165) is 19.6 Å². The molecule has 0 saturated carbocycles. The number of nitrogens with zero attached hydrogens (tertiary/aromatic N) is 1. The molecule has 0 radical (unpaired) electrons. The van der Waals surface area contributed by atoms with Crippen LogP contribution in [0.3, 0.4) is 0 Å². The smallest absolute Gasteiger partial charge is 0.320 e. The van der Waals surface area contributed by atoms with Gasteiger partial charge in [-0.05, 0) is 36.1 Å². The van der Waals surface area contributed by atoms with Crippen molar-refractivity contribution < 1.29 is 9.90 Å². The first-order valence-corrected chi connectivity index (χ1v) is 10.5. The summed E-state index contributed by atoms with van der Waals surface area (Å²) in [6.07, 6.45) is 5.59. The number of carboxylic acid groups (broad SMARTS) is 1. The number of rotatable bonds is 10. The lowest BCUT2D eigenvalue weighted by Crippen LogP contribution is -2.37. The van der Waals surface area contributed by atoms with Crippen molar-refractivity contribution in [2.75, 3.05) is 13.1 Å². The molecule has 0 amide bonds. The topological polar surface area (TPSA) is 52.6 Å². The molecule has 1 saturated heterocycles. The van der Waals surface area contributed by atoms with E-state index in [1.54, 1.807) is 0 Å². The maximum atomic E-state index is 11.3. The quantitative estimate of drug-likeness (QED) is 0.594. The van der Waals surface area contributed by atoms with Crippen LogP contribution in [0.2, 0.25) is 0 Å². The molecule has 2 aromatic carbocycles. The van der Waals surface area contributed by atoms with Crippen LogP contribution in [0.25, 0.3) is 11.1 Å². The molecule has 150 valence electrons. The van der Waals surface area contributed by atoms with Gasteiger partial charge < -0.3 is 10.4 Å². The van der Waals surface area contributed by atoms with E-state index >= 15 is 0 Å². The first-order chi connectivity index (χ1) is 13.7. The predicted octanol–water partition coefficient (Wildman–Crippen LogP) is 4.55. The van der Waals surface area contributed by atoms with Gasteiger partial charge >= 0.3 is 5.97 Å². The lowest BCUT2D eigenvalue weighted by Gasteiger charge is -2.28. The summed E-state index contributed by atoms with van der Waals surface area (Å²) in [5, 5.41) is 12.5. The summed E-state index contributed by atoms with van der Waals surface area (Å²) >= 11 is 0. The van der Waals surface area contributed by atoms with Crippen LogP contribution in [0.15, 0.2) is 54.6 Å². The van der Waals surface area contributed by atoms with Crippen LogP contribution in [0.4, 0.5) is 0 Å². The average Bonchev–Trinajstić information content (AvgIpc) is 3.22. The number of hydrogen-bond acceptors (Lipinski definition) is 3. The van der Waals surface area contributed by atoms with Crippen LogP contribution >= 0.6 is 0 Å². The second-order valence-electron chi connectivity index (χ2n) is 7.78. The number of hydrogen-bond donors (Lipinski definition) is 2. The zero-order valence-electron chi connectivity index (χ0n) is 16.8. The molecule has 1 aliphatic rings. The van der Waals surface area contributed by atoms with E-state index in [4.69, 9.17) is 0 Å². The minimum absolute atomic E-state index is 0.288. The molecule has 0 aromatic heterocycles. The molecule has 2 N–H and O–H groups in total. The molecule has 0 spiro atoms. The van der Waals surface area contributed by atoms with E-state index in [0.29, 0.717) is 6.42 Å². The van der Waals surface area contributed by atoms with Crippen molar-refractivity contribution in [3.8, 4) is 11.1 Å². The van der Waals surface area contributed by atoms with Crippen molar-refractivity contribution in [3.05, 3.63) is 60.2 Å². The van der Waals surface area contributed by atoms with Crippen LogP contribution in [-0.2, 0) is 11.3 Å². The Labute approximate surface area is 168 Å². The highest BCUT2D eigenvalue weighted by Gasteiger charge is 2.32. The number of nitrogens with one attached hydrogen (secondary N) is 1. The van der Waals surface area contributed by atoms with E-state index in [1.165, 1.54) is 42.4 Å². The van der Waals surface area contributed by atoms with Gasteiger partial charge in [0.05, 0.1) is 0 Å². The third-order valence-electron chi connectivity index (χ3n) is 5.67. The first-order valence-electron chi connectivity index (χ1n) is 10.5. The minimum atomic E-state index is -0.736. The third-order valence-corrected chi connectivity index (χ3v) is 5.67. The maximum absolute atomic E-state index is 11.3. The zero-order valence-corrected chi connectivity index (χ0v) is 16.8. The first kappa shape index (κ1) is 20.6. The number of benzene rings is 2. The van der Waals surface area contributed by atoms with Crippen LogP contribution in [0, 0.1) is 0 Å². The maximum Gasteiger partial charge on any atom is 0.320 e. The molecule has 1 aliphatic heterocycles. The second kappa shape index (κ2) is 10.4. The Kier molecular flexibility index (Phi) is 7.63. The van der Waals surface area contributed by atoms with E-state index in [1.807, 2.05) is 6.07 Å². The standard InChI is InChI=1S/C24H32N2O2/c1-2-3-4-8-15-26(22-16-23(24(27)28)25-17-22)18-19-11-13-21(14-12-19)20-9-6-5-7-10-20/h5-7,9-14,22-23,25H,2-4,8,15-18H2,1H3,(H,27,28)/t22-,23-/m0/s1. The summed E-state index contributed by atoms with van der Waals surface area (Å²) in [5.41, 5.74) is 3.75. The second-order valence-corrected chi connectivity index (χ2v) is 7.78. The molecule has 0 unspecified atom stereocenters. The fourth-order valence-corrected chi connectivity index (χ4v) is 3.98. The highest BCUT2D eigenvalue weighted by molar-refractivity contribution is 5.74. The Morgan fingerprint density at radius 2 is 1.75 bits per heavy atom. The summed E-state index contributed by atoms with van der Waals surface area (Å²) in [5.74, 6) is -0.736. The van der Waals surface area contributed by atoms with Gasteiger partial charge in [-0.2, -0.15) is 0 Å². The predicted molar refractivity (Wildman–Crippen MR) is 114 cm³/mol. The monoisotopic (exact) mass is 380 g/mol. The molecular formula is C24H32N2O2. The largest absolute Gasteiger partial charge is 0.480 e. The summed E-state index contributed by atoms with van der Waals surface area (Å²) in [7, 11) is 0. The van der Waals surface area contributed by atoms with E-state index in [2.05, 4.69) is 65.7 Å². The Bertz CT molecular complexity index is 730. The van der Waals surface area contributed by atoms with Gasteiger partial charge in [-0.15, -0.1) is 0 Å². The Morgan fingerprint density at radius 3 is 2.39 bits per heavy atom. The number of carboxylic acids is 1. The molecule has 1 heterocycles. The van der Waals surface area contributed by atoms with Crippen molar-refractivity contribution in [1.29, 1.82) is 0 Å². The van der Waals surface area contributed by atoms with E-state index in [-0.39, 0.29) is 6.04 Å². The fraction of sp³-hybridized carbons (Fsp3) is 0.458. The van der Waals surface area contributed by atoms with Gasteiger partial charge in [-0.25, -0.2) is 0 Å². The van der Waals surface area contributed by atoms with E-state index in [9.17, 15) is 9.90 Å². The highest BCUT2D eigenvalue weighted by atomic mass is 16.4. The van der Waals surface area contributed by atoms with Crippen LogP contribution < -0.4 is 5.32 Å². The van der Waals surface area contributed by atoms with Gasteiger partial charge in [0, 0.05) is 19.1 Å². The van der Waals surface area contributed by atoms with Crippen LogP contribution in [0.5, 0.6) is 0 Å². The molecular weight excluding hydrogens is 348 g/mol. The Morgan fingerprint density at radius 1 is 1.04 bits per heavy atom. The van der Waals surface area contributed by atoms with Gasteiger partial charge in [0.2, 0.25) is 0 Å². The van der Waals surface area contributed by atoms with Crippen molar-refractivity contribution in [2.24, 2.45) is 0 Å². The van der Waals surface area contributed by atoms with Gasteiger partial charge in [0.1, 0.15) is 6.04 Å². The number of unbranched alkanes of at least 4 members (excludes halogenated alkanes) is 3. The minimum Gasteiger partial charge on any atom is -0.480 e. The summed E-state index contributed by atoms with van der Waals surface area (Å²) < 4.78 is 0. The summed E-state index contributed by atoms with van der Waals surface area (Å²) in [4.78, 5) is 13.8. The molecule has 28 heavy (non-hydrogen) atoms. The van der Waals surface area contributed by atoms with Crippen molar-refractivity contribution in [1.82, 2.24) is 10.2 Å². The van der Waals surface area contributed by atoms with Crippen LogP contribution in [-0.4, -0.2) is 41.1 Å². The van der Waals surface area contributed by atoms with Crippen LogP contribution in [0.1, 0.15) is 44.6 Å². The average molecular weight is 381 g/mol. The Hall–Kier alpha value is -2.17. The third kappa shape index (κ3) is 5.66. The number of aliphatic carboxylic acids is 1. The SMILES string of the molecule is CCCCCCN(Cc1ccc(-c2ccccc2)cc1)[C@@H]1CN[C@H](C(=O)O)C1. The van der Waals surface area contributed by atoms with Gasteiger partial charge in [-0.1, -0.05) is 80.8 Å². The molecule has 2 atom stereocenters. The molecule has 2 aromatic rings.